The average molecular weight is 160 g/mol. The maximum Gasteiger partial charge on any atom is 0.0978 e. The van der Waals surface area contributed by atoms with Crippen LogP contribution in [0.5, 0.6) is 0 Å². The summed E-state index contributed by atoms with van der Waals surface area (Å²) >= 11 is 5.76. The predicted octanol–water partition coefficient (Wildman–Crippen LogP) is 2.51. The van der Waals surface area contributed by atoms with Crippen LogP contribution in [0.15, 0.2) is 16.3 Å². The van der Waals surface area contributed by atoms with Crippen molar-refractivity contribution in [2.24, 2.45) is 5.16 Å². The molecule has 56 valence electrons. The molecule has 0 saturated carbocycles. The van der Waals surface area contributed by atoms with Crippen molar-refractivity contribution in [3.63, 3.8) is 0 Å². The first kappa shape index (κ1) is 7.61. The number of nitrogens with zero attached hydrogens (tertiary/aromatic N) is 1. The van der Waals surface area contributed by atoms with Crippen molar-refractivity contribution >= 4 is 17.3 Å². The van der Waals surface area contributed by atoms with E-state index in [1.54, 1.807) is 0 Å². The van der Waals surface area contributed by atoms with E-state index in [1.807, 2.05) is 6.08 Å². The molecule has 0 amide bonds. The number of rotatable bonds is 0. The van der Waals surface area contributed by atoms with Crippen molar-refractivity contribution in [2.75, 3.05) is 0 Å². The Balaban J connectivity index is 2.70. The fourth-order valence-corrected chi connectivity index (χ4v) is 1.24. The van der Waals surface area contributed by atoms with Gasteiger partial charge in [0.2, 0.25) is 0 Å². The summed E-state index contributed by atoms with van der Waals surface area (Å²) in [4.78, 5) is 0. The lowest BCUT2D eigenvalue weighted by atomic mass is 10.2. The second kappa shape index (κ2) is 3.62. The zero-order valence-corrected chi connectivity index (χ0v) is 6.43. The van der Waals surface area contributed by atoms with E-state index in [9.17, 15) is 0 Å². The number of oxime groups is 1. The van der Waals surface area contributed by atoms with E-state index in [0.29, 0.717) is 10.7 Å². The lowest BCUT2D eigenvalue weighted by Crippen LogP contribution is -1.95. The molecule has 0 atom stereocenters. The van der Waals surface area contributed by atoms with Crippen molar-refractivity contribution in [3.05, 3.63) is 11.1 Å². The van der Waals surface area contributed by atoms with Gasteiger partial charge in [-0.15, -0.1) is 0 Å². The Bertz CT molecular complexity index is 174. The van der Waals surface area contributed by atoms with Gasteiger partial charge in [0.15, 0.2) is 0 Å². The Kier molecular flexibility index (Phi) is 2.75. The van der Waals surface area contributed by atoms with Crippen LogP contribution >= 0.6 is 11.6 Å². The average Bonchev–Trinajstić information content (AvgIpc) is 2.13. The van der Waals surface area contributed by atoms with Gasteiger partial charge in [-0.1, -0.05) is 22.8 Å². The van der Waals surface area contributed by atoms with Crippen LogP contribution in [0.3, 0.4) is 0 Å². The van der Waals surface area contributed by atoms with E-state index >= 15 is 0 Å². The van der Waals surface area contributed by atoms with Gasteiger partial charge in [0, 0.05) is 0 Å². The molecule has 10 heavy (non-hydrogen) atoms. The Morgan fingerprint density at radius 3 is 3.00 bits per heavy atom. The summed E-state index contributed by atoms with van der Waals surface area (Å²) < 4.78 is 0. The van der Waals surface area contributed by atoms with E-state index in [1.165, 1.54) is 0 Å². The molecule has 0 aliphatic heterocycles. The molecular formula is C7H10ClNO. The minimum absolute atomic E-state index is 0.611. The molecule has 0 bridgehead atoms. The van der Waals surface area contributed by atoms with Crippen LogP contribution in [0.2, 0.25) is 0 Å². The molecule has 0 spiro atoms. The first-order valence-corrected chi connectivity index (χ1v) is 3.79. The third-order valence-corrected chi connectivity index (χ3v) is 1.96. The molecule has 0 unspecified atom stereocenters. The molecule has 1 aliphatic carbocycles. The molecule has 0 saturated heterocycles. The molecule has 1 N–H and O–H groups in total. The van der Waals surface area contributed by atoms with Gasteiger partial charge in [-0.05, 0) is 25.7 Å². The van der Waals surface area contributed by atoms with Crippen molar-refractivity contribution in [1.29, 1.82) is 0 Å². The maximum atomic E-state index is 8.45. The Morgan fingerprint density at radius 2 is 2.30 bits per heavy atom. The number of hydrogen-bond donors (Lipinski definition) is 1. The Morgan fingerprint density at radius 1 is 1.50 bits per heavy atom. The fourth-order valence-electron chi connectivity index (χ4n) is 1.00. The van der Waals surface area contributed by atoms with Crippen LogP contribution in [0.4, 0.5) is 0 Å². The highest BCUT2D eigenvalue weighted by atomic mass is 35.5. The van der Waals surface area contributed by atoms with Crippen LogP contribution in [0.25, 0.3) is 0 Å². The van der Waals surface area contributed by atoms with Crippen LogP contribution in [-0.2, 0) is 0 Å². The second-order valence-electron chi connectivity index (χ2n) is 2.34. The molecule has 2 nitrogen and oxygen atoms in total. The topological polar surface area (TPSA) is 32.6 Å². The van der Waals surface area contributed by atoms with Crippen molar-refractivity contribution < 1.29 is 5.21 Å². The van der Waals surface area contributed by atoms with Gasteiger partial charge < -0.3 is 5.21 Å². The van der Waals surface area contributed by atoms with Gasteiger partial charge in [-0.2, -0.15) is 0 Å². The van der Waals surface area contributed by atoms with Crippen LogP contribution in [-0.4, -0.2) is 10.9 Å². The van der Waals surface area contributed by atoms with Gasteiger partial charge >= 0.3 is 0 Å². The molecule has 0 fully saturated rings. The van der Waals surface area contributed by atoms with Gasteiger partial charge in [0.1, 0.15) is 0 Å². The molecule has 0 heterocycles. The first-order valence-electron chi connectivity index (χ1n) is 3.41. The predicted molar refractivity (Wildman–Crippen MR) is 41.6 cm³/mol. The highest BCUT2D eigenvalue weighted by molar-refractivity contribution is 6.43. The van der Waals surface area contributed by atoms with Crippen LogP contribution < -0.4 is 0 Å². The first-order chi connectivity index (χ1) is 4.84. The monoisotopic (exact) mass is 159 g/mol. The standard InChI is InChI=1S/C7H10ClNO/c8-6-4-2-1-3-5-7(6)9-10/h4,10H,1-3,5H2/b9-7-. The molecular weight excluding hydrogens is 150 g/mol. The van der Waals surface area contributed by atoms with Gasteiger partial charge in [0.25, 0.3) is 0 Å². The molecule has 1 aliphatic rings. The molecule has 0 aromatic rings. The fraction of sp³-hybridized carbons (Fsp3) is 0.571. The third kappa shape index (κ3) is 1.74. The lowest BCUT2D eigenvalue weighted by Gasteiger charge is -1.95. The normalized spacial score (nSPS) is 24.1. The summed E-state index contributed by atoms with van der Waals surface area (Å²) in [5.41, 5.74) is 0.624. The van der Waals surface area contributed by atoms with Gasteiger partial charge in [-0.25, -0.2) is 0 Å². The zero-order chi connectivity index (χ0) is 7.40. The summed E-state index contributed by atoms with van der Waals surface area (Å²) in [6.07, 6.45) is 5.90. The Labute approximate surface area is 65.2 Å². The van der Waals surface area contributed by atoms with E-state index < -0.39 is 0 Å². The summed E-state index contributed by atoms with van der Waals surface area (Å²) in [6.45, 7) is 0. The summed E-state index contributed by atoms with van der Waals surface area (Å²) in [5, 5.41) is 12.2. The van der Waals surface area contributed by atoms with Crippen LogP contribution in [0.1, 0.15) is 25.7 Å². The number of allylic oxidation sites excluding steroid dienone is 2. The van der Waals surface area contributed by atoms with E-state index in [0.717, 1.165) is 25.7 Å². The minimum Gasteiger partial charge on any atom is -0.411 e. The van der Waals surface area contributed by atoms with E-state index in [2.05, 4.69) is 5.16 Å². The van der Waals surface area contributed by atoms with E-state index in [4.69, 9.17) is 16.8 Å². The molecule has 0 radical (unpaired) electrons. The maximum absolute atomic E-state index is 8.45. The van der Waals surface area contributed by atoms with Crippen LogP contribution in [0, 0.1) is 0 Å². The number of hydrogen-bond acceptors (Lipinski definition) is 2. The summed E-state index contributed by atoms with van der Waals surface area (Å²) in [5.74, 6) is 0. The lowest BCUT2D eigenvalue weighted by molar-refractivity contribution is 0.318. The van der Waals surface area contributed by atoms with Crippen molar-refractivity contribution in [2.45, 2.75) is 25.7 Å². The second-order valence-corrected chi connectivity index (χ2v) is 2.75. The van der Waals surface area contributed by atoms with Crippen molar-refractivity contribution in [3.8, 4) is 0 Å². The Hall–Kier alpha value is -0.500. The van der Waals surface area contributed by atoms with Gasteiger partial charge in [-0.3, -0.25) is 0 Å². The smallest absolute Gasteiger partial charge is 0.0978 e. The highest BCUT2D eigenvalue weighted by Crippen LogP contribution is 2.17. The molecule has 0 aromatic carbocycles. The molecule has 0 aromatic heterocycles. The molecule has 3 heteroatoms. The minimum atomic E-state index is 0.611. The third-order valence-electron chi connectivity index (χ3n) is 1.59. The van der Waals surface area contributed by atoms with E-state index in [-0.39, 0.29) is 0 Å². The summed E-state index contributed by atoms with van der Waals surface area (Å²) in [6, 6.07) is 0. The van der Waals surface area contributed by atoms with Gasteiger partial charge in [0.05, 0.1) is 10.7 Å². The van der Waals surface area contributed by atoms with Crippen molar-refractivity contribution in [1.82, 2.24) is 0 Å². The summed E-state index contributed by atoms with van der Waals surface area (Å²) in [7, 11) is 0. The number of halogens is 1. The largest absolute Gasteiger partial charge is 0.411 e. The molecule has 1 rings (SSSR count). The zero-order valence-electron chi connectivity index (χ0n) is 5.68. The SMILES string of the molecule is O/N=C1/CCCCC=C1Cl. The highest BCUT2D eigenvalue weighted by Gasteiger charge is 2.07. The quantitative estimate of drug-likeness (QED) is 0.428.